The van der Waals surface area contributed by atoms with E-state index in [1.807, 2.05) is 0 Å². The van der Waals surface area contributed by atoms with Crippen LogP contribution < -0.4 is 0 Å². The third-order valence-electron chi connectivity index (χ3n) is 4.06. The zero-order valence-corrected chi connectivity index (χ0v) is 9.46. The molecular formula is C14H14S. The summed E-state index contributed by atoms with van der Waals surface area (Å²) in [7, 11) is 0. The molecule has 0 N–H and O–H groups in total. The quantitative estimate of drug-likeness (QED) is 0.582. The second kappa shape index (κ2) is 2.91. The monoisotopic (exact) mass is 214 g/mol. The highest BCUT2D eigenvalue weighted by atomic mass is 32.2. The number of rotatable bonds is 0. The standard InChI is InChI=1S/C14H14S/c1-2-6-10-9(5-1)13-11-7-3-4-8-12(11)14(10)15-13/h1-2,5-7,12-14H,3-4,8H2/t12-,13+,14-/m1/s1. The molecule has 0 saturated carbocycles. The molecule has 0 aromatic heterocycles. The summed E-state index contributed by atoms with van der Waals surface area (Å²) in [6, 6.07) is 9.07. The normalized spacial score (nSPS) is 36.0. The van der Waals surface area contributed by atoms with Crippen molar-refractivity contribution in [2.75, 3.05) is 0 Å². The van der Waals surface area contributed by atoms with Crippen LogP contribution in [0.1, 0.15) is 40.9 Å². The molecule has 2 aliphatic heterocycles. The van der Waals surface area contributed by atoms with Gasteiger partial charge in [-0.3, -0.25) is 0 Å². The van der Waals surface area contributed by atoms with E-state index < -0.39 is 0 Å². The predicted octanol–water partition coefficient (Wildman–Crippen LogP) is 4.26. The van der Waals surface area contributed by atoms with Gasteiger partial charge in [0.25, 0.3) is 0 Å². The van der Waals surface area contributed by atoms with E-state index in [0.29, 0.717) is 0 Å². The first-order chi connectivity index (χ1) is 7.45. The molecule has 1 aromatic rings. The van der Waals surface area contributed by atoms with E-state index in [-0.39, 0.29) is 0 Å². The van der Waals surface area contributed by atoms with Gasteiger partial charge in [-0.15, -0.1) is 11.8 Å². The van der Waals surface area contributed by atoms with Crippen molar-refractivity contribution >= 4 is 11.8 Å². The van der Waals surface area contributed by atoms with Crippen LogP contribution in [0.2, 0.25) is 0 Å². The van der Waals surface area contributed by atoms with Crippen LogP contribution in [0.3, 0.4) is 0 Å². The number of thioether (sulfide) groups is 1. The fourth-order valence-electron chi connectivity index (χ4n) is 3.42. The smallest absolute Gasteiger partial charge is 0.0519 e. The maximum Gasteiger partial charge on any atom is 0.0519 e. The lowest BCUT2D eigenvalue weighted by atomic mass is 9.75. The summed E-state index contributed by atoms with van der Waals surface area (Å²) in [5.41, 5.74) is 5.00. The van der Waals surface area contributed by atoms with Gasteiger partial charge in [-0.1, -0.05) is 35.9 Å². The minimum Gasteiger partial charge on any atom is -0.140 e. The molecule has 15 heavy (non-hydrogen) atoms. The largest absolute Gasteiger partial charge is 0.140 e. The fraction of sp³-hybridized carbons (Fsp3) is 0.429. The van der Waals surface area contributed by atoms with Crippen LogP contribution in [-0.2, 0) is 0 Å². The Labute approximate surface area is 94.8 Å². The summed E-state index contributed by atoms with van der Waals surface area (Å²) in [4.78, 5) is 0. The number of benzene rings is 1. The van der Waals surface area contributed by atoms with Gasteiger partial charge in [0.1, 0.15) is 0 Å². The molecule has 3 atom stereocenters. The molecule has 2 bridgehead atoms. The van der Waals surface area contributed by atoms with Crippen molar-refractivity contribution in [1.29, 1.82) is 0 Å². The topological polar surface area (TPSA) is 0 Å². The highest BCUT2D eigenvalue weighted by molar-refractivity contribution is 8.00. The second-order valence-electron chi connectivity index (χ2n) is 4.81. The van der Waals surface area contributed by atoms with E-state index in [1.165, 1.54) is 19.3 Å². The lowest BCUT2D eigenvalue weighted by Gasteiger charge is -2.28. The third kappa shape index (κ3) is 0.998. The van der Waals surface area contributed by atoms with E-state index in [2.05, 4.69) is 42.1 Å². The molecule has 0 spiro atoms. The molecule has 1 aliphatic carbocycles. The number of hydrogen-bond donors (Lipinski definition) is 0. The summed E-state index contributed by atoms with van der Waals surface area (Å²) in [5, 5.41) is 1.51. The van der Waals surface area contributed by atoms with Crippen molar-refractivity contribution in [2.45, 2.75) is 29.8 Å². The molecule has 0 radical (unpaired) electrons. The zero-order valence-electron chi connectivity index (χ0n) is 8.65. The Morgan fingerprint density at radius 3 is 2.93 bits per heavy atom. The molecule has 1 heteroatoms. The Bertz CT molecular complexity index is 446. The number of allylic oxidation sites excluding steroid dienone is 1. The van der Waals surface area contributed by atoms with Gasteiger partial charge < -0.3 is 0 Å². The number of hydrogen-bond acceptors (Lipinski definition) is 1. The highest BCUT2D eigenvalue weighted by Crippen LogP contribution is 2.67. The van der Waals surface area contributed by atoms with Crippen LogP contribution in [-0.4, -0.2) is 0 Å². The summed E-state index contributed by atoms with van der Waals surface area (Å²) in [5.74, 6) is 0.878. The number of fused-ring (bicyclic) bond motifs is 8. The highest BCUT2D eigenvalue weighted by Gasteiger charge is 2.47. The first kappa shape index (κ1) is 8.46. The minimum atomic E-state index is 0.719. The van der Waals surface area contributed by atoms with Gasteiger partial charge in [-0.2, -0.15) is 0 Å². The van der Waals surface area contributed by atoms with Crippen LogP contribution >= 0.6 is 11.8 Å². The van der Waals surface area contributed by atoms with E-state index >= 15 is 0 Å². The van der Waals surface area contributed by atoms with Gasteiger partial charge in [0, 0.05) is 5.25 Å². The van der Waals surface area contributed by atoms with Crippen molar-refractivity contribution in [3.8, 4) is 0 Å². The van der Waals surface area contributed by atoms with Gasteiger partial charge in [0.15, 0.2) is 0 Å². The molecule has 4 rings (SSSR count). The average molecular weight is 214 g/mol. The summed E-state index contributed by atoms with van der Waals surface area (Å²) >= 11 is 2.20. The Morgan fingerprint density at radius 1 is 1.13 bits per heavy atom. The molecule has 0 nitrogen and oxygen atoms in total. The molecule has 1 aromatic carbocycles. The molecule has 3 aliphatic rings. The average Bonchev–Trinajstić information content (AvgIpc) is 2.86. The van der Waals surface area contributed by atoms with Crippen LogP contribution in [0.25, 0.3) is 0 Å². The van der Waals surface area contributed by atoms with Crippen LogP contribution in [0, 0.1) is 5.92 Å². The van der Waals surface area contributed by atoms with Crippen molar-refractivity contribution in [3.05, 3.63) is 47.0 Å². The second-order valence-corrected chi connectivity index (χ2v) is 6.06. The summed E-state index contributed by atoms with van der Waals surface area (Å²) < 4.78 is 0. The predicted molar refractivity (Wildman–Crippen MR) is 64.9 cm³/mol. The van der Waals surface area contributed by atoms with E-state index in [1.54, 1.807) is 16.7 Å². The molecule has 76 valence electrons. The third-order valence-corrected chi connectivity index (χ3v) is 5.74. The van der Waals surface area contributed by atoms with Crippen LogP contribution in [0.15, 0.2) is 35.9 Å². The Balaban J connectivity index is 1.91. The SMILES string of the molecule is C1=C2[C@H]3S[C@H](c4ccccc43)[C@@H]2CCC1. The summed E-state index contributed by atoms with van der Waals surface area (Å²) in [6.45, 7) is 0. The van der Waals surface area contributed by atoms with Gasteiger partial charge in [0.2, 0.25) is 0 Å². The molecule has 2 heterocycles. The van der Waals surface area contributed by atoms with E-state index in [0.717, 1.165) is 16.4 Å². The van der Waals surface area contributed by atoms with Gasteiger partial charge in [0.05, 0.1) is 5.25 Å². The fourth-order valence-corrected chi connectivity index (χ4v) is 5.35. The van der Waals surface area contributed by atoms with Crippen molar-refractivity contribution < 1.29 is 0 Å². The first-order valence-corrected chi connectivity index (χ1v) is 6.83. The van der Waals surface area contributed by atoms with Crippen molar-refractivity contribution in [3.63, 3.8) is 0 Å². The van der Waals surface area contributed by atoms with Crippen molar-refractivity contribution in [1.82, 2.24) is 0 Å². The van der Waals surface area contributed by atoms with E-state index in [4.69, 9.17) is 0 Å². The Morgan fingerprint density at radius 2 is 2.00 bits per heavy atom. The van der Waals surface area contributed by atoms with Gasteiger partial charge in [-0.05, 0) is 36.3 Å². The molecule has 0 amide bonds. The van der Waals surface area contributed by atoms with Gasteiger partial charge >= 0.3 is 0 Å². The van der Waals surface area contributed by atoms with Crippen LogP contribution in [0.5, 0.6) is 0 Å². The summed E-state index contributed by atoms with van der Waals surface area (Å²) in [6.07, 6.45) is 6.67. The van der Waals surface area contributed by atoms with Crippen molar-refractivity contribution in [2.24, 2.45) is 5.92 Å². The first-order valence-electron chi connectivity index (χ1n) is 5.89. The van der Waals surface area contributed by atoms with Gasteiger partial charge in [-0.25, -0.2) is 0 Å². The maximum absolute atomic E-state index is 2.53. The Kier molecular flexibility index (Phi) is 1.64. The van der Waals surface area contributed by atoms with Crippen LogP contribution in [0.4, 0.5) is 0 Å². The molecule has 1 saturated heterocycles. The lowest BCUT2D eigenvalue weighted by Crippen LogP contribution is -2.15. The van der Waals surface area contributed by atoms with E-state index in [9.17, 15) is 0 Å². The Hall–Kier alpha value is -0.690. The molecule has 1 fully saturated rings. The minimum absolute atomic E-state index is 0.719. The zero-order chi connectivity index (χ0) is 9.83. The molecule has 0 unspecified atom stereocenters. The maximum atomic E-state index is 2.53. The lowest BCUT2D eigenvalue weighted by molar-refractivity contribution is 0.494. The molecular weight excluding hydrogens is 200 g/mol.